The van der Waals surface area contributed by atoms with Gasteiger partial charge in [0.25, 0.3) is 0 Å². The van der Waals surface area contributed by atoms with Gasteiger partial charge in [-0.3, -0.25) is 4.79 Å². The van der Waals surface area contributed by atoms with Crippen LogP contribution in [0, 0.1) is 5.92 Å². The molecule has 0 aliphatic carbocycles. The molecule has 1 rings (SSSR count). The molecule has 0 bridgehead atoms. The Balaban J connectivity index is 2.22. The molecule has 27 heavy (non-hydrogen) atoms. The summed E-state index contributed by atoms with van der Waals surface area (Å²) in [6, 6.07) is 8.63. The predicted molar refractivity (Wildman–Crippen MR) is 114 cm³/mol. The molecule has 5 heteroatoms. The summed E-state index contributed by atoms with van der Waals surface area (Å²) in [6.07, 6.45) is 1.07. The maximum absolute atomic E-state index is 12.2. The summed E-state index contributed by atoms with van der Waals surface area (Å²) in [6.45, 7) is 13.9. The van der Waals surface area contributed by atoms with Crippen LogP contribution in [0.5, 0.6) is 5.75 Å². The molecule has 0 radical (unpaired) electrons. The third kappa shape index (κ3) is 9.89. The van der Waals surface area contributed by atoms with Crippen molar-refractivity contribution in [3.8, 4) is 5.75 Å². The Morgan fingerprint density at radius 3 is 2.41 bits per heavy atom. The van der Waals surface area contributed by atoms with Gasteiger partial charge in [0.05, 0.1) is 13.7 Å². The first-order valence-electron chi connectivity index (χ1n) is 9.71. The first-order chi connectivity index (χ1) is 12.6. The van der Waals surface area contributed by atoms with Gasteiger partial charge in [-0.25, -0.2) is 0 Å². The smallest absolute Gasteiger partial charge is 0.165 e. The van der Waals surface area contributed by atoms with Crippen molar-refractivity contribution < 1.29 is 19.4 Å². The number of aliphatic hydroxyl groups excluding tert-OH is 1. The number of methoxy groups -OCH3 is 1. The lowest BCUT2D eigenvalue weighted by Gasteiger charge is -2.20. The number of rotatable bonds is 13. The average molecular weight is 393 g/mol. The Hall–Kier alpha value is -1.43. The van der Waals surface area contributed by atoms with Crippen molar-refractivity contribution in [2.75, 3.05) is 13.7 Å². The predicted octanol–water partition coefficient (Wildman–Crippen LogP) is 4.84. The molecule has 0 amide bonds. The minimum absolute atomic E-state index is 0.107. The molecule has 152 valence electrons. The van der Waals surface area contributed by atoms with Crippen LogP contribution in [0.25, 0.3) is 0 Å². The van der Waals surface area contributed by atoms with Crippen LogP contribution in [0.2, 0.25) is 25.7 Å². The highest BCUT2D eigenvalue weighted by Gasteiger charge is 2.23. The summed E-state index contributed by atoms with van der Waals surface area (Å²) in [5.74, 6) is 1.11. The molecule has 0 fully saturated rings. The second-order valence-electron chi connectivity index (χ2n) is 8.63. The molecule has 0 aliphatic rings. The third-order valence-corrected chi connectivity index (χ3v) is 5.91. The monoisotopic (exact) mass is 392 g/mol. The van der Waals surface area contributed by atoms with E-state index < -0.39 is 14.2 Å². The lowest BCUT2D eigenvalue weighted by atomic mass is 10.00. The van der Waals surface area contributed by atoms with Crippen LogP contribution < -0.4 is 4.74 Å². The largest absolute Gasteiger partial charge is 0.497 e. The van der Waals surface area contributed by atoms with E-state index in [-0.39, 0.29) is 5.78 Å². The summed E-state index contributed by atoms with van der Waals surface area (Å²) in [7, 11) is 0.290. The number of Topliss-reactive ketones (excluding diaryl/α,β-unsaturated/α-hetero) is 1. The number of hydrogen-bond donors (Lipinski definition) is 1. The topological polar surface area (TPSA) is 55.8 Å². The van der Waals surface area contributed by atoms with Crippen LogP contribution in [0.1, 0.15) is 31.7 Å². The molecule has 0 aromatic heterocycles. The van der Waals surface area contributed by atoms with Crippen molar-refractivity contribution in [1.82, 2.24) is 0 Å². The van der Waals surface area contributed by atoms with E-state index in [4.69, 9.17) is 9.47 Å². The third-order valence-electron chi connectivity index (χ3n) is 4.40. The average Bonchev–Trinajstić information content (AvgIpc) is 2.60. The van der Waals surface area contributed by atoms with Gasteiger partial charge in [0, 0.05) is 21.1 Å². The standard InChI is InChI=1S/C22H36O4Si/c1-17(14-26-15-19-10-12-20(25-3)13-11-19)8-7-9-21(23)22(24)18(2)16-27(4,5)6/h10-13,17,22,24H,2,7-9,14-16H2,1,3-6H3/t17-,22?/m1/s1. The molecular weight excluding hydrogens is 356 g/mol. The van der Waals surface area contributed by atoms with E-state index in [1.165, 1.54) is 0 Å². The van der Waals surface area contributed by atoms with Crippen LogP contribution in [0.3, 0.4) is 0 Å². The van der Waals surface area contributed by atoms with E-state index >= 15 is 0 Å². The van der Waals surface area contributed by atoms with Crippen LogP contribution >= 0.6 is 0 Å². The van der Waals surface area contributed by atoms with Crippen molar-refractivity contribution in [2.45, 2.75) is 64.6 Å². The molecular formula is C22H36O4Si. The highest BCUT2D eigenvalue weighted by Crippen LogP contribution is 2.20. The Bertz CT molecular complexity index is 589. The number of aliphatic hydroxyl groups is 1. The first kappa shape index (κ1) is 23.6. The number of carbonyl (C=O) groups is 1. The summed E-state index contributed by atoms with van der Waals surface area (Å²) >= 11 is 0. The van der Waals surface area contributed by atoms with E-state index in [1.807, 2.05) is 24.3 Å². The Kier molecular flexibility index (Phi) is 9.98. The van der Waals surface area contributed by atoms with Crippen molar-refractivity contribution in [1.29, 1.82) is 0 Å². The zero-order valence-electron chi connectivity index (χ0n) is 17.6. The van der Waals surface area contributed by atoms with E-state index in [1.54, 1.807) is 7.11 Å². The molecule has 1 unspecified atom stereocenters. The van der Waals surface area contributed by atoms with Gasteiger partial charge in [-0.2, -0.15) is 0 Å². The van der Waals surface area contributed by atoms with Crippen molar-refractivity contribution in [2.24, 2.45) is 5.92 Å². The summed E-state index contributed by atoms with van der Waals surface area (Å²) in [5.41, 5.74) is 1.79. The van der Waals surface area contributed by atoms with Crippen molar-refractivity contribution >= 4 is 13.9 Å². The highest BCUT2D eigenvalue weighted by atomic mass is 28.3. The molecule has 0 spiro atoms. The highest BCUT2D eigenvalue weighted by molar-refractivity contribution is 6.76. The minimum atomic E-state index is -1.36. The number of benzene rings is 1. The Morgan fingerprint density at radius 2 is 1.85 bits per heavy atom. The molecule has 0 saturated carbocycles. The van der Waals surface area contributed by atoms with Crippen molar-refractivity contribution in [3.63, 3.8) is 0 Å². The molecule has 1 N–H and O–H groups in total. The lowest BCUT2D eigenvalue weighted by Crippen LogP contribution is -2.28. The molecule has 2 atom stereocenters. The fourth-order valence-electron chi connectivity index (χ4n) is 2.95. The maximum Gasteiger partial charge on any atom is 0.165 e. The van der Waals surface area contributed by atoms with Crippen LogP contribution in [0.4, 0.5) is 0 Å². The van der Waals surface area contributed by atoms with Gasteiger partial charge in [0.1, 0.15) is 11.9 Å². The SMILES string of the molecule is C=C(C[Si](C)(C)C)C(O)C(=O)CCC[C@@H](C)COCc1ccc(OC)cc1. The van der Waals surface area contributed by atoms with Gasteiger partial charge in [-0.15, -0.1) is 0 Å². The molecule has 1 aromatic rings. The van der Waals surface area contributed by atoms with E-state index in [2.05, 4.69) is 33.1 Å². The quantitative estimate of drug-likeness (QED) is 0.385. The molecule has 0 saturated heterocycles. The number of hydrogen-bond acceptors (Lipinski definition) is 4. The van der Waals surface area contributed by atoms with Crippen LogP contribution in [-0.2, 0) is 16.1 Å². The van der Waals surface area contributed by atoms with Gasteiger partial charge < -0.3 is 14.6 Å². The molecule has 0 aliphatic heterocycles. The number of carbonyl (C=O) groups excluding carboxylic acids is 1. The van der Waals surface area contributed by atoms with Crippen molar-refractivity contribution in [3.05, 3.63) is 42.0 Å². The lowest BCUT2D eigenvalue weighted by molar-refractivity contribution is -0.125. The van der Waals surface area contributed by atoms with Gasteiger partial charge in [-0.1, -0.05) is 45.3 Å². The second-order valence-corrected chi connectivity index (χ2v) is 14.1. The van der Waals surface area contributed by atoms with E-state index in [9.17, 15) is 9.90 Å². The van der Waals surface area contributed by atoms with Gasteiger partial charge >= 0.3 is 0 Å². The number of ketones is 1. The minimum Gasteiger partial charge on any atom is -0.497 e. The second kappa shape index (κ2) is 11.4. The summed E-state index contributed by atoms with van der Waals surface area (Å²) < 4.78 is 10.9. The van der Waals surface area contributed by atoms with Gasteiger partial charge in [0.2, 0.25) is 0 Å². The fraction of sp³-hybridized carbons (Fsp3) is 0.591. The summed E-state index contributed by atoms with van der Waals surface area (Å²) in [4.78, 5) is 12.2. The van der Waals surface area contributed by atoms with Gasteiger partial charge in [0.15, 0.2) is 5.78 Å². The zero-order chi connectivity index (χ0) is 20.4. The fourth-order valence-corrected chi connectivity index (χ4v) is 4.51. The normalized spacial score (nSPS) is 13.9. The van der Waals surface area contributed by atoms with Crippen LogP contribution in [0.15, 0.2) is 36.4 Å². The maximum atomic E-state index is 12.2. The summed E-state index contributed by atoms with van der Waals surface area (Å²) in [5, 5.41) is 10.2. The molecule has 0 heterocycles. The van der Waals surface area contributed by atoms with E-state index in [0.717, 1.165) is 30.2 Å². The van der Waals surface area contributed by atoms with E-state index in [0.29, 0.717) is 31.1 Å². The number of ether oxygens (including phenoxy) is 2. The first-order valence-corrected chi connectivity index (χ1v) is 13.4. The molecule has 1 aromatic carbocycles. The van der Waals surface area contributed by atoms with Gasteiger partial charge in [-0.05, 0) is 48.1 Å². The Labute approximate surface area is 165 Å². The Morgan fingerprint density at radius 1 is 1.22 bits per heavy atom. The molecule has 4 nitrogen and oxygen atoms in total. The zero-order valence-corrected chi connectivity index (χ0v) is 18.6. The van der Waals surface area contributed by atoms with Crippen LogP contribution in [-0.4, -0.2) is 38.8 Å².